The molecule has 2 aromatic rings. The number of rotatable bonds is 16. The molecule has 0 aromatic heterocycles. The van der Waals surface area contributed by atoms with E-state index in [0.29, 0.717) is 0 Å². The normalized spacial score (nSPS) is 12.7. The first kappa shape index (κ1) is 43.4. The summed E-state index contributed by atoms with van der Waals surface area (Å²) in [7, 11) is -1.65. The van der Waals surface area contributed by atoms with Crippen LogP contribution in [-0.2, 0) is 6.42 Å². The van der Waals surface area contributed by atoms with E-state index in [2.05, 4.69) is 144 Å². The zero-order valence-electron chi connectivity index (χ0n) is 32.3. The molecule has 0 bridgehead atoms. The van der Waals surface area contributed by atoms with Gasteiger partial charge >= 0.3 is 0 Å². The number of hydrogen-bond acceptors (Lipinski definition) is 2. The second kappa shape index (κ2) is 23.7. The van der Waals surface area contributed by atoms with Crippen LogP contribution >= 0.6 is 9.39 Å². The van der Waals surface area contributed by atoms with Gasteiger partial charge < -0.3 is 10.0 Å². The van der Waals surface area contributed by atoms with Gasteiger partial charge in [0.25, 0.3) is 0 Å². The molecule has 49 heavy (non-hydrogen) atoms. The minimum absolute atomic E-state index is 0.791. The molecule has 268 valence electrons. The molecule has 0 spiro atoms. The molecule has 1 saturated carbocycles. The fourth-order valence-corrected chi connectivity index (χ4v) is 7.28. The van der Waals surface area contributed by atoms with Gasteiger partial charge in [0.1, 0.15) is 0 Å². The maximum atomic E-state index is 5.45. The summed E-state index contributed by atoms with van der Waals surface area (Å²) >= 11 is 0. The van der Waals surface area contributed by atoms with Gasteiger partial charge in [-0.05, 0) is 107 Å². The van der Waals surface area contributed by atoms with Crippen LogP contribution in [0, 0.1) is 18.3 Å². The summed E-state index contributed by atoms with van der Waals surface area (Å²) in [5.41, 5.74) is 10.4. The Balaban J connectivity index is 0.000000463. The molecule has 0 saturated heterocycles. The zero-order valence-corrected chi connectivity index (χ0v) is 33.1. The van der Waals surface area contributed by atoms with E-state index in [4.69, 9.17) is 6.42 Å². The van der Waals surface area contributed by atoms with Crippen LogP contribution in [0.25, 0.3) is 11.1 Å². The number of benzene rings is 2. The van der Waals surface area contributed by atoms with Crippen LogP contribution in [0.15, 0.2) is 113 Å². The Kier molecular flexibility index (Phi) is 21.0. The predicted molar refractivity (Wildman–Crippen MR) is 227 cm³/mol. The molecule has 0 aliphatic heterocycles. The lowest BCUT2D eigenvalue weighted by atomic mass is 10.0. The van der Waals surface area contributed by atoms with Crippen LogP contribution in [0.5, 0.6) is 0 Å². The van der Waals surface area contributed by atoms with E-state index >= 15 is 0 Å². The molecule has 1 aliphatic rings. The van der Waals surface area contributed by atoms with Crippen molar-refractivity contribution in [2.24, 2.45) is 5.92 Å². The Bertz CT molecular complexity index is 1530. The Morgan fingerprint density at radius 1 is 0.857 bits per heavy atom. The second-order valence-electron chi connectivity index (χ2n) is 13.7. The van der Waals surface area contributed by atoms with Crippen molar-refractivity contribution < 1.29 is 0 Å². The van der Waals surface area contributed by atoms with Crippen molar-refractivity contribution in [2.45, 2.75) is 130 Å². The third kappa shape index (κ3) is 17.6. The largest absolute Gasteiger partial charge is 0.353 e. The predicted octanol–water partition coefficient (Wildman–Crippen LogP) is 13.4. The van der Waals surface area contributed by atoms with Crippen molar-refractivity contribution in [3.63, 3.8) is 0 Å². The second-order valence-corrected chi connectivity index (χ2v) is 16.2. The molecular formula is C46H68N2S. The standard InChI is InChI=1S/C25H33NS.C15H23N.C6H12/c1-5-21-16-18-23(19-17-21)24-12-8-9-13-25(24)27(3,4)26-20(2)14-15-22-10-6-7-11-22;1-7-9-10-14(6)16-15(8-2)11-13(5)12(3)4;1-4-5-6(2)3/h8-9,12-13,16-19,22,26H,2-7,10-11,14-15H2,1H3;2,11,16H,6-7,9-10H2,1,3-5H3;2,4-5H2,1,3H3/b;15-11+;. The van der Waals surface area contributed by atoms with Gasteiger partial charge in [-0.15, -0.1) is 22.4 Å². The fourth-order valence-electron chi connectivity index (χ4n) is 5.57. The molecule has 3 rings (SSSR count). The van der Waals surface area contributed by atoms with Gasteiger partial charge in [-0.1, -0.05) is 144 Å². The molecule has 1 fully saturated rings. The SMILES string of the molecule is C#C/C(=C\C(C)=C(C)C)NC(=C)CCCC.C=C(C)CCC.C=C(CCC1CCCC1)NS(=C)(=C)c1ccccc1-c1ccc(CC)cc1. The van der Waals surface area contributed by atoms with E-state index in [-0.39, 0.29) is 0 Å². The summed E-state index contributed by atoms with van der Waals surface area (Å²) in [6.07, 6.45) is 22.0. The Hall–Kier alpha value is -3.61. The van der Waals surface area contributed by atoms with Crippen molar-refractivity contribution in [3.05, 3.63) is 114 Å². The number of unbranched alkanes of at least 4 members (excludes halogenated alkanes) is 1. The maximum Gasteiger partial charge on any atom is 0.0894 e. The zero-order chi connectivity index (χ0) is 36.8. The number of allylic oxidation sites excluding steroid dienone is 7. The lowest BCUT2D eigenvalue weighted by Gasteiger charge is -2.23. The molecule has 0 atom stereocenters. The third-order valence-corrected chi connectivity index (χ3v) is 10.7. The highest BCUT2D eigenvalue weighted by Gasteiger charge is 2.16. The lowest BCUT2D eigenvalue weighted by molar-refractivity contribution is 0.500. The Morgan fingerprint density at radius 3 is 2.00 bits per heavy atom. The van der Waals surface area contributed by atoms with Crippen molar-refractivity contribution >= 4 is 21.1 Å². The monoisotopic (exact) mass is 681 g/mol. The highest BCUT2D eigenvalue weighted by atomic mass is 32.2. The van der Waals surface area contributed by atoms with Crippen LogP contribution in [0.4, 0.5) is 0 Å². The minimum atomic E-state index is -1.65. The molecule has 1 aliphatic carbocycles. The molecule has 3 heteroatoms. The van der Waals surface area contributed by atoms with Crippen LogP contribution < -0.4 is 10.0 Å². The number of nitrogens with one attached hydrogen (secondary N) is 2. The minimum Gasteiger partial charge on any atom is -0.353 e. The average Bonchev–Trinajstić information content (AvgIpc) is 3.60. The van der Waals surface area contributed by atoms with Crippen LogP contribution in [-0.4, -0.2) is 11.7 Å². The summed E-state index contributed by atoms with van der Waals surface area (Å²) in [5.74, 6) is 12.5. The molecule has 2 N–H and O–H groups in total. The highest BCUT2D eigenvalue weighted by Crippen LogP contribution is 2.38. The van der Waals surface area contributed by atoms with E-state index in [0.717, 1.165) is 48.7 Å². The number of terminal acetylenes is 1. The van der Waals surface area contributed by atoms with Crippen molar-refractivity contribution in [1.29, 1.82) is 0 Å². The maximum absolute atomic E-state index is 5.45. The topological polar surface area (TPSA) is 24.1 Å². The molecule has 2 aromatic carbocycles. The summed E-state index contributed by atoms with van der Waals surface area (Å²) in [5, 5.41) is 3.18. The van der Waals surface area contributed by atoms with Crippen molar-refractivity contribution in [3.8, 4) is 23.5 Å². The molecule has 0 amide bonds. The first-order valence-corrected chi connectivity index (χ1v) is 20.3. The quantitative estimate of drug-likeness (QED) is 0.0798. The fraction of sp³-hybridized carbons (Fsp3) is 0.435. The lowest BCUT2D eigenvalue weighted by Crippen LogP contribution is -2.10. The van der Waals surface area contributed by atoms with Crippen molar-refractivity contribution in [2.75, 3.05) is 0 Å². The molecule has 0 heterocycles. The van der Waals surface area contributed by atoms with Gasteiger partial charge in [0.15, 0.2) is 0 Å². The van der Waals surface area contributed by atoms with Gasteiger partial charge in [-0.3, -0.25) is 0 Å². The van der Waals surface area contributed by atoms with Crippen LogP contribution in [0.1, 0.15) is 125 Å². The van der Waals surface area contributed by atoms with Crippen LogP contribution in [0.3, 0.4) is 0 Å². The smallest absolute Gasteiger partial charge is 0.0894 e. The first-order valence-electron chi connectivity index (χ1n) is 18.3. The average molecular weight is 681 g/mol. The third-order valence-electron chi connectivity index (χ3n) is 8.78. The van der Waals surface area contributed by atoms with E-state index in [1.54, 1.807) is 0 Å². The van der Waals surface area contributed by atoms with E-state index < -0.39 is 9.39 Å². The van der Waals surface area contributed by atoms with Gasteiger partial charge in [0.2, 0.25) is 0 Å². The number of aryl methyl sites for hydroxylation is 1. The molecule has 0 radical (unpaired) electrons. The summed E-state index contributed by atoms with van der Waals surface area (Å²) in [6, 6.07) is 17.4. The van der Waals surface area contributed by atoms with Crippen molar-refractivity contribution in [1.82, 2.24) is 10.0 Å². The summed E-state index contributed by atoms with van der Waals surface area (Å²) < 4.78 is 3.60. The first-order chi connectivity index (χ1) is 23.3. The van der Waals surface area contributed by atoms with Crippen LogP contribution in [0.2, 0.25) is 0 Å². The van der Waals surface area contributed by atoms with Gasteiger partial charge in [-0.25, -0.2) is 0 Å². The summed E-state index contributed by atoms with van der Waals surface area (Å²) in [6.45, 7) is 26.8. The Labute approximate surface area is 303 Å². The van der Waals surface area contributed by atoms with Gasteiger partial charge in [0.05, 0.1) is 5.70 Å². The Morgan fingerprint density at radius 2 is 1.49 bits per heavy atom. The van der Waals surface area contributed by atoms with Gasteiger partial charge in [-0.2, -0.15) is 0 Å². The van der Waals surface area contributed by atoms with E-state index in [1.807, 2.05) is 6.08 Å². The van der Waals surface area contributed by atoms with E-state index in [1.165, 1.54) is 89.7 Å². The van der Waals surface area contributed by atoms with E-state index in [9.17, 15) is 0 Å². The van der Waals surface area contributed by atoms with Gasteiger partial charge in [0, 0.05) is 16.3 Å². The molecular weight excluding hydrogens is 613 g/mol. The molecule has 2 nitrogen and oxygen atoms in total. The number of hydrogen-bond donors (Lipinski definition) is 2. The summed E-state index contributed by atoms with van der Waals surface area (Å²) in [4.78, 5) is 1.19. The molecule has 0 unspecified atom stereocenters. The highest BCUT2D eigenvalue weighted by molar-refractivity contribution is 8.26.